The van der Waals surface area contributed by atoms with Gasteiger partial charge in [-0.05, 0) is 11.8 Å². The maximum atomic E-state index is 10.9. The predicted octanol–water partition coefficient (Wildman–Crippen LogP) is 1.40. The van der Waals surface area contributed by atoms with Gasteiger partial charge in [0.1, 0.15) is 0 Å². The number of rotatable bonds is 3. The molecular weight excluding hydrogens is 142 g/mol. The van der Waals surface area contributed by atoms with Crippen molar-refractivity contribution in [3.63, 3.8) is 0 Å². The third-order valence-corrected chi connectivity index (χ3v) is 2.05. The van der Waals surface area contributed by atoms with Crippen molar-refractivity contribution in [3.8, 4) is 0 Å². The number of hydrogen-bond acceptors (Lipinski definition) is 3. The van der Waals surface area contributed by atoms with Crippen molar-refractivity contribution >= 4 is 5.97 Å². The van der Waals surface area contributed by atoms with Crippen LogP contribution in [0.5, 0.6) is 0 Å². The zero-order chi connectivity index (χ0) is 9.07. The minimum absolute atomic E-state index is 0.226. The Balaban J connectivity index is 4.36. The molecule has 11 heavy (non-hydrogen) atoms. The summed E-state index contributed by atoms with van der Waals surface area (Å²) in [6.07, 6.45) is 0.834. The molecule has 0 aromatic rings. The molecule has 64 valence electrons. The molecule has 0 atom stereocenters. The summed E-state index contributed by atoms with van der Waals surface area (Å²) in [5.74, 6) is 4.18. The summed E-state index contributed by atoms with van der Waals surface area (Å²) < 4.78 is 0. The summed E-state index contributed by atoms with van der Waals surface area (Å²) in [5.41, 5.74) is 0.193. The molecule has 0 amide bonds. The Morgan fingerprint density at radius 3 is 2.36 bits per heavy atom. The van der Waals surface area contributed by atoms with Gasteiger partial charge in [0.2, 0.25) is 0 Å². The first kappa shape index (κ1) is 10.2. The predicted molar refractivity (Wildman–Crippen MR) is 43.5 cm³/mol. The van der Waals surface area contributed by atoms with Crippen molar-refractivity contribution in [1.29, 1.82) is 0 Å². The summed E-state index contributed by atoms with van der Waals surface area (Å²) in [4.78, 5) is 14.9. The van der Waals surface area contributed by atoms with E-state index in [2.05, 4.69) is 11.4 Å². The molecule has 0 fully saturated rings. The normalized spacial score (nSPS) is 10.9. The van der Waals surface area contributed by atoms with Crippen molar-refractivity contribution in [3.05, 3.63) is 12.2 Å². The molecule has 0 rings (SSSR count). The van der Waals surface area contributed by atoms with E-state index in [9.17, 15) is 4.79 Å². The molecule has 3 nitrogen and oxygen atoms in total. The van der Waals surface area contributed by atoms with Crippen LogP contribution in [0.2, 0.25) is 0 Å². The van der Waals surface area contributed by atoms with Crippen molar-refractivity contribution < 1.29 is 9.63 Å². The molecule has 0 saturated heterocycles. The van der Waals surface area contributed by atoms with Crippen molar-refractivity contribution in [2.24, 2.45) is 11.3 Å². The van der Waals surface area contributed by atoms with Gasteiger partial charge in [-0.25, -0.2) is 4.79 Å². The topological polar surface area (TPSA) is 52.3 Å². The first-order valence-corrected chi connectivity index (χ1v) is 3.56. The van der Waals surface area contributed by atoms with Gasteiger partial charge in [0.15, 0.2) is 0 Å². The fourth-order valence-electron chi connectivity index (χ4n) is 0.561. The third-order valence-electron chi connectivity index (χ3n) is 2.05. The van der Waals surface area contributed by atoms with Gasteiger partial charge in [-0.3, -0.25) is 0 Å². The fourth-order valence-corrected chi connectivity index (χ4v) is 0.561. The molecule has 0 saturated carbocycles. The van der Waals surface area contributed by atoms with Gasteiger partial charge >= 0.3 is 5.97 Å². The molecule has 0 aromatic carbocycles. The number of nitrogens with two attached hydrogens (primary N) is 1. The zero-order valence-corrected chi connectivity index (χ0v) is 7.31. The average Bonchev–Trinajstić information content (AvgIpc) is 2.01. The lowest BCUT2D eigenvalue weighted by Gasteiger charge is -2.22. The molecule has 0 bridgehead atoms. The van der Waals surface area contributed by atoms with Gasteiger partial charge in [0.25, 0.3) is 0 Å². The van der Waals surface area contributed by atoms with Crippen LogP contribution < -0.4 is 5.90 Å². The monoisotopic (exact) mass is 157 g/mol. The SMILES string of the molecule is C=C(C(=O)ON)C(C)(C)CC. The van der Waals surface area contributed by atoms with Crippen LogP contribution in [0.1, 0.15) is 27.2 Å². The molecule has 3 heteroatoms. The second-order valence-corrected chi connectivity index (χ2v) is 3.12. The van der Waals surface area contributed by atoms with Crippen molar-refractivity contribution in [2.75, 3.05) is 0 Å². The highest BCUT2D eigenvalue weighted by Crippen LogP contribution is 2.28. The maximum Gasteiger partial charge on any atom is 0.352 e. The smallest absolute Gasteiger partial charge is 0.352 e. The van der Waals surface area contributed by atoms with Crippen LogP contribution in [0.15, 0.2) is 12.2 Å². The zero-order valence-electron chi connectivity index (χ0n) is 7.31. The summed E-state index contributed by atoms with van der Waals surface area (Å²) in [6.45, 7) is 9.44. The van der Waals surface area contributed by atoms with Crippen LogP contribution in [0, 0.1) is 5.41 Å². The summed E-state index contributed by atoms with van der Waals surface area (Å²) in [5, 5.41) is 0. The highest BCUT2D eigenvalue weighted by atomic mass is 16.7. The highest BCUT2D eigenvalue weighted by molar-refractivity contribution is 5.88. The molecule has 0 aliphatic carbocycles. The quantitative estimate of drug-likeness (QED) is 0.497. The van der Waals surface area contributed by atoms with E-state index in [4.69, 9.17) is 5.90 Å². The van der Waals surface area contributed by atoms with E-state index in [0.29, 0.717) is 5.57 Å². The molecule has 0 spiro atoms. The van der Waals surface area contributed by atoms with E-state index < -0.39 is 5.97 Å². The van der Waals surface area contributed by atoms with Crippen LogP contribution >= 0.6 is 0 Å². The summed E-state index contributed by atoms with van der Waals surface area (Å²) in [7, 11) is 0. The standard InChI is InChI=1S/C8H15NO2/c1-5-8(3,4)6(2)7(10)11-9/h2,5,9H2,1,3-4H3. The minimum Gasteiger partial charge on any atom is -0.370 e. The van der Waals surface area contributed by atoms with Gasteiger partial charge in [-0.15, -0.1) is 0 Å². The second-order valence-electron chi connectivity index (χ2n) is 3.12. The maximum absolute atomic E-state index is 10.9. The molecule has 0 aliphatic rings. The first-order chi connectivity index (χ1) is 4.95. The third kappa shape index (κ3) is 2.35. The molecular formula is C8H15NO2. The Hall–Kier alpha value is -0.830. The van der Waals surface area contributed by atoms with Crippen LogP contribution in [0.25, 0.3) is 0 Å². The largest absolute Gasteiger partial charge is 0.370 e. The Morgan fingerprint density at radius 2 is 2.09 bits per heavy atom. The lowest BCUT2D eigenvalue weighted by Crippen LogP contribution is -2.23. The lowest BCUT2D eigenvalue weighted by molar-refractivity contribution is -0.140. The van der Waals surface area contributed by atoms with Crippen LogP contribution in [-0.4, -0.2) is 5.97 Å². The van der Waals surface area contributed by atoms with Gasteiger partial charge in [0, 0.05) is 5.57 Å². The first-order valence-electron chi connectivity index (χ1n) is 3.56. The lowest BCUT2D eigenvalue weighted by atomic mass is 9.83. The Bertz CT molecular complexity index is 173. The van der Waals surface area contributed by atoms with Crippen LogP contribution in [0.3, 0.4) is 0 Å². The second kappa shape index (κ2) is 3.53. The van der Waals surface area contributed by atoms with Crippen molar-refractivity contribution in [1.82, 2.24) is 0 Å². The number of carbonyl (C=O) groups is 1. The van der Waals surface area contributed by atoms with Crippen LogP contribution in [0.4, 0.5) is 0 Å². The average molecular weight is 157 g/mol. The Morgan fingerprint density at radius 1 is 1.64 bits per heavy atom. The molecule has 0 heterocycles. The summed E-state index contributed by atoms with van der Waals surface area (Å²) in [6, 6.07) is 0. The van der Waals surface area contributed by atoms with Gasteiger partial charge in [-0.2, -0.15) is 5.90 Å². The minimum atomic E-state index is -0.531. The molecule has 0 unspecified atom stereocenters. The highest BCUT2D eigenvalue weighted by Gasteiger charge is 2.25. The van der Waals surface area contributed by atoms with Crippen molar-refractivity contribution in [2.45, 2.75) is 27.2 Å². The number of carbonyl (C=O) groups excluding carboxylic acids is 1. The van der Waals surface area contributed by atoms with Gasteiger partial charge in [0.05, 0.1) is 0 Å². The van der Waals surface area contributed by atoms with E-state index in [-0.39, 0.29) is 5.41 Å². The van der Waals surface area contributed by atoms with Gasteiger partial charge in [-0.1, -0.05) is 27.4 Å². The Labute approximate surface area is 67.2 Å². The molecule has 0 radical (unpaired) electrons. The Kier molecular flexibility index (Phi) is 3.26. The molecule has 0 aromatic heterocycles. The fraction of sp³-hybridized carbons (Fsp3) is 0.625. The van der Waals surface area contributed by atoms with Crippen LogP contribution in [-0.2, 0) is 9.63 Å². The van der Waals surface area contributed by atoms with E-state index in [0.717, 1.165) is 6.42 Å². The van der Waals surface area contributed by atoms with E-state index in [1.54, 1.807) is 0 Å². The molecule has 0 aliphatic heterocycles. The van der Waals surface area contributed by atoms with Gasteiger partial charge < -0.3 is 4.84 Å². The van der Waals surface area contributed by atoms with E-state index in [1.165, 1.54) is 0 Å². The number of hydrogen-bond donors (Lipinski definition) is 1. The van der Waals surface area contributed by atoms with E-state index in [1.807, 2.05) is 20.8 Å². The molecule has 2 N–H and O–H groups in total. The summed E-state index contributed by atoms with van der Waals surface area (Å²) >= 11 is 0. The van der Waals surface area contributed by atoms with E-state index >= 15 is 0 Å².